The summed E-state index contributed by atoms with van der Waals surface area (Å²) >= 11 is 6.12. The van der Waals surface area contributed by atoms with Crippen molar-refractivity contribution in [1.29, 1.82) is 5.41 Å². The molecule has 3 N–H and O–H groups in total. The van der Waals surface area contributed by atoms with Gasteiger partial charge >= 0.3 is 0 Å². The van der Waals surface area contributed by atoms with Crippen LogP contribution in [0.5, 0.6) is 0 Å². The van der Waals surface area contributed by atoms with Gasteiger partial charge in [0.1, 0.15) is 16.3 Å². The number of aromatic nitrogens is 4. The summed E-state index contributed by atoms with van der Waals surface area (Å²) in [4.78, 5) is 10.6. The van der Waals surface area contributed by atoms with Gasteiger partial charge in [0.05, 0.1) is 12.9 Å². The molecule has 3 rings (SSSR count). The van der Waals surface area contributed by atoms with Crippen LogP contribution in [0.2, 0.25) is 5.15 Å². The number of aromatic amines is 1. The number of halogens is 2. The first kappa shape index (κ1) is 11.6. The fraction of sp³-hybridized carbons (Fsp3) is 0.500. The second kappa shape index (κ2) is 3.76. The molecule has 0 saturated heterocycles. The van der Waals surface area contributed by atoms with Crippen molar-refractivity contribution in [3.63, 3.8) is 0 Å². The van der Waals surface area contributed by atoms with E-state index in [0.717, 1.165) is 0 Å². The topological polar surface area (TPSA) is 90.6 Å². The number of aliphatic hydroxyl groups is 1. The molecule has 2 heterocycles. The molecule has 0 bridgehead atoms. The van der Waals surface area contributed by atoms with Crippen molar-refractivity contribution in [2.45, 2.75) is 18.6 Å². The van der Waals surface area contributed by atoms with Crippen molar-refractivity contribution >= 4 is 22.8 Å². The first-order valence-electron chi connectivity index (χ1n) is 5.49. The van der Waals surface area contributed by atoms with E-state index in [0.29, 0.717) is 11.2 Å². The van der Waals surface area contributed by atoms with Crippen LogP contribution in [0.25, 0.3) is 11.2 Å². The van der Waals surface area contributed by atoms with Gasteiger partial charge in [-0.2, -0.15) is 4.98 Å². The summed E-state index contributed by atoms with van der Waals surface area (Å²) in [6.07, 6.45) is 1.71. The molecule has 18 heavy (non-hydrogen) atoms. The minimum atomic E-state index is -1.49. The van der Waals surface area contributed by atoms with E-state index < -0.39 is 5.67 Å². The fourth-order valence-electron chi connectivity index (χ4n) is 2.09. The first-order chi connectivity index (χ1) is 8.55. The number of imidazole rings is 1. The van der Waals surface area contributed by atoms with Gasteiger partial charge in [-0.3, -0.25) is 9.98 Å². The van der Waals surface area contributed by atoms with E-state index in [1.165, 1.54) is 10.9 Å². The highest BCUT2D eigenvalue weighted by Gasteiger charge is 2.55. The zero-order valence-corrected chi connectivity index (χ0v) is 10.1. The Bertz CT molecular complexity index is 668. The molecule has 96 valence electrons. The number of hydrogen-bond donors (Lipinski definition) is 3. The normalized spacial score (nSPS) is 26.7. The van der Waals surface area contributed by atoms with E-state index in [1.807, 2.05) is 0 Å². The predicted octanol–water partition coefficient (Wildman–Crippen LogP) is 0.613. The summed E-state index contributed by atoms with van der Waals surface area (Å²) in [5, 5.41) is 16.9. The maximum atomic E-state index is 14.2. The van der Waals surface area contributed by atoms with Crippen LogP contribution in [0, 0.1) is 11.3 Å². The van der Waals surface area contributed by atoms with Gasteiger partial charge in [-0.15, -0.1) is 0 Å². The Morgan fingerprint density at radius 1 is 1.72 bits per heavy atom. The highest BCUT2D eigenvalue weighted by atomic mass is 35.5. The Labute approximate surface area is 106 Å². The number of nitrogens with zero attached hydrogens (tertiary/aromatic N) is 3. The van der Waals surface area contributed by atoms with Gasteiger partial charge in [-0.1, -0.05) is 11.6 Å². The molecule has 0 spiro atoms. The van der Waals surface area contributed by atoms with E-state index in [2.05, 4.69) is 15.0 Å². The lowest BCUT2D eigenvalue weighted by atomic mass is 10.3. The van der Waals surface area contributed by atoms with Crippen molar-refractivity contribution in [2.24, 2.45) is 5.92 Å². The zero-order chi connectivity index (χ0) is 12.9. The van der Waals surface area contributed by atoms with Crippen LogP contribution in [0.3, 0.4) is 0 Å². The van der Waals surface area contributed by atoms with Gasteiger partial charge in [-0.05, 0) is 6.42 Å². The van der Waals surface area contributed by atoms with Gasteiger partial charge in [0.15, 0.2) is 5.65 Å². The number of alkyl halides is 1. The van der Waals surface area contributed by atoms with Crippen molar-refractivity contribution < 1.29 is 9.50 Å². The Hall–Kier alpha value is -1.47. The standard InChI is InChI=1S/C10H11ClFN5O/c11-7-6-8(15-4-14-6)16-9(13)17(7)3-10(12)1-5(10)2-18/h4-5,18H,1-3H2,(H2,13,14,15,16)/t5-,10+/m0/s1. The number of nitrogens with one attached hydrogen (secondary N) is 2. The van der Waals surface area contributed by atoms with E-state index in [1.54, 1.807) is 0 Å². The number of aliphatic hydroxyl groups excluding tert-OH is 1. The van der Waals surface area contributed by atoms with Crippen LogP contribution < -0.4 is 5.62 Å². The molecular formula is C10H11ClFN5O. The third-order valence-corrected chi connectivity index (χ3v) is 3.72. The summed E-state index contributed by atoms with van der Waals surface area (Å²) in [6, 6.07) is 0. The van der Waals surface area contributed by atoms with E-state index >= 15 is 0 Å². The Morgan fingerprint density at radius 3 is 3.17 bits per heavy atom. The number of H-pyrrole nitrogens is 1. The average Bonchev–Trinajstić information content (AvgIpc) is 2.76. The lowest BCUT2D eigenvalue weighted by Crippen LogP contribution is -2.29. The minimum Gasteiger partial charge on any atom is -0.396 e. The van der Waals surface area contributed by atoms with E-state index in [-0.39, 0.29) is 36.3 Å². The van der Waals surface area contributed by atoms with Crippen LogP contribution in [-0.4, -0.2) is 36.9 Å². The molecule has 0 radical (unpaired) electrons. The summed E-state index contributed by atoms with van der Waals surface area (Å²) in [5.41, 5.74) is -0.810. The molecular weight excluding hydrogens is 261 g/mol. The summed E-state index contributed by atoms with van der Waals surface area (Å²) in [7, 11) is 0. The van der Waals surface area contributed by atoms with Crippen LogP contribution >= 0.6 is 11.6 Å². The quantitative estimate of drug-likeness (QED) is 0.715. The highest BCUT2D eigenvalue weighted by Crippen LogP contribution is 2.48. The first-order valence-corrected chi connectivity index (χ1v) is 5.87. The molecule has 1 fully saturated rings. The van der Waals surface area contributed by atoms with Crippen LogP contribution in [0.4, 0.5) is 4.39 Å². The zero-order valence-electron chi connectivity index (χ0n) is 9.32. The minimum absolute atomic E-state index is 0.0716. The van der Waals surface area contributed by atoms with Crippen LogP contribution in [-0.2, 0) is 6.54 Å². The monoisotopic (exact) mass is 271 g/mol. The van der Waals surface area contributed by atoms with Gasteiger partial charge in [-0.25, -0.2) is 9.37 Å². The van der Waals surface area contributed by atoms with Gasteiger partial charge < -0.3 is 10.1 Å². The molecule has 0 aliphatic heterocycles. The summed E-state index contributed by atoms with van der Waals surface area (Å²) < 4.78 is 15.4. The number of hydrogen-bond acceptors (Lipinski definition) is 4. The lowest BCUT2D eigenvalue weighted by Gasteiger charge is -2.12. The molecule has 2 atom stereocenters. The average molecular weight is 272 g/mol. The molecule has 0 amide bonds. The summed E-state index contributed by atoms with van der Waals surface area (Å²) in [5.74, 6) is -0.377. The largest absolute Gasteiger partial charge is 0.396 e. The fourth-order valence-corrected chi connectivity index (χ4v) is 2.37. The van der Waals surface area contributed by atoms with Gasteiger partial charge in [0, 0.05) is 12.5 Å². The van der Waals surface area contributed by atoms with Crippen molar-refractivity contribution in [1.82, 2.24) is 19.5 Å². The third-order valence-electron chi connectivity index (χ3n) is 3.33. The predicted molar refractivity (Wildman–Crippen MR) is 61.8 cm³/mol. The third kappa shape index (κ3) is 1.62. The molecule has 8 heteroatoms. The smallest absolute Gasteiger partial charge is 0.225 e. The van der Waals surface area contributed by atoms with E-state index in [4.69, 9.17) is 22.1 Å². The van der Waals surface area contributed by atoms with Crippen molar-refractivity contribution in [3.05, 3.63) is 17.1 Å². The second-order valence-electron chi connectivity index (χ2n) is 4.53. The van der Waals surface area contributed by atoms with Crippen molar-refractivity contribution in [3.8, 4) is 0 Å². The molecule has 0 aromatic carbocycles. The van der Waals surface area contributed by atoms with Crippen LogP contribution in [0.15, 0.2) is 6.33 Å². The van der Waals surface area contributed by atoms with Gasteiger partial charge in [0.25, 0.3) is 0 Å². The number of rotatable bonds is 3. The maximum absolute atomic E-state index is 14.2. The second-order valence-corrected chi connectivity index (χ2v) is 4.89. The molecule has 0 unspecified atom stereocenters. The molecule has 6 nitrogen and oxygen atoms in total. The molecule has 1 aliphatic carbocycles. The summed E-state index contributed by atoms with van der Waals surface area (Å²) in [6.45, 7) is -0.264. The van der Waals surface area contributed by atoms with Crippen LogP contribution in [0.1, 0.15) is 6.42 Å². The number of fused-ring (bicyclic) bond motifs is 1. The van der Waals surface area contributed by atoms with E-state index in [9.17, 15) is 4.39 Å². The maximum Gasteiger partial charge on any atom is 0.225 e. The van der Waals surface area contributed by atoms with Gasteiger partial charge in [0.2, 0.25) is 5.62 Å². The molecule has 2 aromatic heterocycles. The Balaban J connectivity index is 2.04. The highest BCUT2D eigenvalue weighted by molar-refractivity contribution is 6.33. The molecule has 2 aromatic rings. The molecule has 1 aliphatic rings. The lowest BCUT2D eigenvalue weighted by molar-refractivity contribution is 0.191. The molecule has 1 saturated carbocycles. The Kier molecular flexibility index (Phi) is 2.43. The van der Waals surface area contributed by atoms with Crippen molar-refractivity contribution in [2.75, 3.05) is 6.61 Å². The SMILES string of the molecule is N=c1nc2nc[nH]c2c(Cl)n1C[C@]1(F)C[C@H]1CO. The Morgan fingerprint density at radius 2 is 2.50 bits per heavy atom.